The van der Waals surface area contributed by atoms with Gasteiger partial charge in [-0.1, -0.05) is 64.2 Å². The van der Waals surface area contributed by atoms with Gasteiger partial charge in [-0.15, -0.1) is 0 Å². The normalized spacial score (nSPS) is 46.9. The van der Waals surface area contributed by atoms with Crippen LogP contribution in [-0.4, -0.2) is 108 Å². The number of methoxy groups -OCH3 is 1. The predicted molar refractivity (Wildman–Crippen MR) is 202 cm³/mol. The number of hydrogen-bond donors (Lipinski definition) is 3. The molecule has 0 aromatic rings. The van der Waals surface area contributed by atoms with Crippen LogP contribution in [0.5, 0.6) is 0 Å². The molecule has 54 heavy (non-hydrogen) atoms. The molecule has 3 saturated heterocycles. The zero-order chi connectivity index (χ0) is 38.9. The number of hydrogen-bond acceptors (Lipinski definition) is 11. The molecule has 6 rings (SSSR count). The molecule has 3 N–H and O–H groups in total. The Balaban J connectivity index is 1.36. The number of aliphatic hydroxyl groups excluding tert-OH is 2. The van der Waals surface area contributed by atoms with Gasteiger partial charge in [0.2, 0.25) is 0 Å². The topological polar surface area (TPSA) is 142 Å². The molecule has 1 spiro atoms. The first-order valence-electron chi connectivity index (χ1n) is 20.1. The molecule has 2 bridgehead atoms. The van der Waals surface area contributed by atoms with Gasteiger partial charge in [0.15, 0.2) is 12.1 Å². The Hall–Kier alpha value is -2.19. The Bertz CT molecular complexity index is 1480. The zero-order valence-corrected chi connectivity index (χ0v) is 33.4. The molecule has 0 saturated carbocycles. The smallest absolute Gasteiger partial charge is 0.316 e. The summed E-state index contributed by atoms with van der Waals surface area (Å²) >= 11 is 0. The summed E-state index contributed by atoms with van der Waals surface area (Å²) in [6.45, 7) is 14.5. The fourth-order valence-electron chi connectivity index (χ4n) is 9.58. The van der Waals surface area contributed by atoms with E-state index in [1.807, 2.05) is 25.2 Å². The summed E-state index contributed by atoms with van der Waals surface area (Å²) < 4.78 is 45.2. The van der Waals surface area contributed by atoms with Crippen molar-refractivity contribution in [1.29, 1.82) is 0 Å². The van der Waals surface area contributed by atoms with E-state index in [4.69, 9.17) is 33.2 Å². The molecule has 0 radical (unpaired) electrons. The van der Waals surface area contributed by atoms with Crippen LogP contribution in [0.25, 0.3) is 0 Å². The van der Waals surface area contributed by atoms with Crippen LogP contribution in [0.3, 0.4) is 0 Å². The molecule has 0 unspecified atom stereocenters. The van der Waals surface area contributed by atoms with Crippen LogP contribution in [-0.2, 0) is 38.0 Å². The number of rotatable bonds is 7. The maximum absolute atomic E-state index is 14.2. The number of ether oxygens (including phenoxy) is 7. The van der Waals surface area contributed by atoms with E-state index in [2.05, 4.69) is 46.8 Å². The molecule has 0 aromatic heterocycles. The van der Waals surface area contributed by atoms with Gasteiger partial charge in [0.1, 0.15) is 29.8 Å². The first kappa shape index (κ1) is 41.4. The molecule has 0 aromatic carbocycles. The molecule has 15 atom stereocenters. The second-order valence-electron chi connectivity index (χ2n) is 17.0. The third-order valence-electron chi connectivity index (χ3n) is 12.6. The molecule has 5 heterocycles. The van der Waals surface area contributed by atoms with E-state index in [1.165, 1.54) is 0 Å². The molecule has 5 aliphatic heterocycles. The van der Waals surface area contributed by atoms with E-state index in [0.29, 0.717) is 43.3 Å². The molecule has 11 heteroatoms. The predicted octanol–water partition coefficient (Wildman–Crippen LogP) is 5.48. The van der Waals surface area contributed by atoms with E-state index in [0.717, 1.165) is 12.0 Å². The molecular weight excluding hydrogens is 692 g/mol. The Morgan fingerprint density at radius 1 is 1.04 bits per heavy atom. The highest BCUT2D eigenvalue weighted by molar-refractivity contribution is 5.78. The number of carbonyl (C=O) groups is 1. The van der Waals surface area contributed by atoms with Crippen LogP contribution in [0.1, 0.15) is 87.0 Å². The van der Waals surface area contributed by atoms with Gasteiger partial charge >= 0.3 is 5.97 Å². The lowest BCUT2D eigenvalue weighted by atomic mass is 9.71. The third-order valence-corrected chi connectivity index (χ3v) is 12.6. The van der Waals surface area contributed by atoms with Crippen molar-refractivity contribution >= 4 is 5.97 Å². The molecule has 302 valence electrons. The minimum Gasteiger partial charge on any atom is -0.462 e. The lowest BCUT2D eigenvalue weighted by molar-refractivity contribution is -0.299. The first-order chi connectivity index (χ1) is 25.7. The third kappa shape index (κ3) is 8.41. The lowest BCUT2D eigenvalue weighted by Crippen LogP contribution is -2.58. The van der Waals surface area contributed by atoms with E-state index in [1.54, 1.807) is 26.2 Å². The first-order valence-corrected chi connectivity index (χ1v) is 20.1. The minimum atomic E-state index is -1.80. The summed E-state index contributed by atoms with van der Waals surface area (Å²) in [4.78, 5) is 14.2. The maximum Gasteiger partial charge on any atom is 0.316 e. The van der Waals surface area contributed by atoms with Gasteiger partial charge in [-0.3, -0.25) is 4.79 Å². The maximum atomic E-state index is 14.2. The molecule has 0 amide bonds. The molecule has 11 nitrogen and oxygen atoms in total. The van der Waals surface area contributed by atoms with Crippen molar-refractivity contribution in [3.8, 4) is 0 Å². The van der Waals surface area contributed by atoms with Gasteiger partial charge in [-0.2, -0.15) is 0 Å². The van der Waals surface area contributed by atoms with Crippen molar-refractivity contribution in [2.75, 3.05) is 20.3 Å². The standard InChI is InChI=1S/C43H64O11/c1-24(2)38-27(5)16-17-42(54-38)22-32-20-31(53-42)15-14-26(4)39(52-36-21-35(48-8)33(13-10-18-44)29(7)50-36)25(3)11-9-12-30-23-49-40-37(45)28(6)19-34(41(46)51-32)43(30,40)47/h9,11-12,14,16-17,19,24-25,27,29,31-40,44-45,47H,10,13,15,18,20-23H2,1-8H3/b11-9+,26-14+,30-12+/t25-,27-,29-,31+,32-,33-,34-,35-,36-,37+,38+,39-,40+,42+,43+/m0/s1. The van der Waals surface area contributed by atoms with Crippen LogP contribution in [0.15, 0.2) is 59.3 Å². The Morgan fingerprint density at radius 2 is 1.81 bits per heavy atom. The average Bonchev–Trinajstić information content (AvgIpc) is 3.47. The second kappa shape index (κ2) is 17.1. The zero-order valence-electron chi connectivity index (χ0n) is 33.4. The van der Waals surface area contributed by atoms with Gasteiger partial charge in [0.25, 0.3) is 0 Å². The monoisotopic (exact) mass is 756 g/mol. The van der Waals surface area contributed by atoms with Crippen molar-refractivity contribution in [2.24, 2.45) is 29.6 Å². The highest BCUT2D eigenvalue weighted by atomic mass is 16.7. The van der Waals surface area contributed by atoms with E-state index >= 15 is 0 Å². The largest absolute Gasteiger partial charge is 0.462 e. The fraction of sp³-hybridized carbons (Fsp3) is 0.744. The average molecular weight is 757 g/mol. The minimum absolute atomic E-state index is 0.0558. The van der Waals surface area contributed by atoms with Crippen molar-refractivity contribution in [3.05, 3.63) is 59.3 Å². The van der Waals surface area contributed by atoms with Crippen LogP contribution in [0, 0.1) is 29.6 Å². The van der Waals surface area contributed by atoms with Crippen LogP contribution in [0.2, 0.25) is 0 Å². The summed E-state index contributed by atoms with van der Waals surface area (Å²) in [5.74, 6) is -2.30. The van der Waals surface area contributed by atoms with Gasteiger partial charge in [0, 0.05) is 50.7 Å². The SMILES string of the molecule is CO[C@H]1C[C@H](O[C@@H]2/C(C)=C/C[C@@H]3C[C@@H](C[C@]4(C=C[C@H](C)[C@@H](C(C)C)O4)O3)OC(=O)[C@@H]3C=C(C)[C@@H](O)[C@H]4OC/C(=C\C=C\[C@@H]2C)[C@]43O)O[C@@H](C)[C@@H]1CCCO. The Kier molecular flexibility index (Phi) is 13.1. The Morgan fingerprint density at radius 3 is 2.54 bits per heavy atom. The van der Waals surface area contributed by atoms with Gasteiger partial charge in [-0.05, 0) is 68.7 Å². The summed E-state index contributed by atoms with van der Waals surface area (Å²) in [6.07, 6.45) is 12.7. The number of fused-ring (bicyclic) bond motifs is 2. The Labute approximate surface area is 321 Å². The number of aliphatic hydroxyl groups is 3. The molecular formula is C43H64O11. The summed E-state index contributed by atoms with van der Waals surface area (Å²) in [7, 11) is 1.72. The number of esters is 1. The van der Waals surface area contributed by atoms with Crippen molar-refractivity contribution in [1.82, 2.24) is 0 Å². The van der Waals surface area contributed by atoms with Gasteiger partial charge < -0.3 is 48.5 Å². The van der Waals surface area contributed by atoms with Crippen molar-refractivity contribution in [3.63, 3.8) is 0 Å². The quantitative estimate of drug-likeness (QED) is 0.225. The van der Waals surface area contributed by atoms with Crippen molar-refractivity contribution in [2.45, 2.75) is 154 Å². The van der Waals surface area contributed by atoms with Gasteiger partial charge in [-0.25, -0.2) is 0 Å². The fourth-order valence-corrected chi connectivity index (χ4v) is 9.58. The highest BCUT2D eigenvalue weighted by Gasteiger charge is 2.60. The summed E-state index contributed by atoms with van der Waals surface area (Å²) in [5, 5.41) is 33.0. The van der Waals surface area contributed by atoms with E-state index < -0.39 is 47.9 Å². The summed E-state index contributed by atoms with van der Waals surface area (Å²) in [6, 6.07) is 0. The van der Waals surface area contributed by atoms with Gasteiger partial charge in [0.05, 0.1) is 37.1 Å². The second-order valence-corrected chi connectivity index (χ2v) is 17.0. The summed E-state index contributed by atoms with van der Waals surface area (Å²) in [5.41, 5.74) is 0.244. The van der Waals surface area contributed by atoms with Crippen LogP contribution >= 0.6 is 0 Å². The number of allylic oxidation sites excluding steroid dienone is 2. The van der Waals surface area contributed by atoms with Crippen molar-refractivity contribution < 1.29 is 53.3 Å². The lowest BCUT2D eigenvalue weighted by Gasteiger charge is -2.48. The van der Waals surface area contributed by atoms with Crippen LogP contribution < -0.4 is 0 Å². The molecule has 3 fully saturated rings. The highest BCUT2D eigenvalue weighted by Crippen LogP contribution is 2.47. The van der Waals surface area contributed by atoms with E-state index in [-0.39, 0.29) is 67.4 Å². The number of carbonyl (C=O) groups excluding carboxylic acids is 1. The molecule has 1 aliphatic carbocycles. The van der Waals surface area contributed by atoms with E-state index in [9.17, 15) is 20.1 Å². The van der Waals surface area contributed by atoms with Crippen LogP contribution in [0.4, 0.5) is 0 Å². The molecule has 6 aliphatic rings.